The molecule has 0 spiro atoms. The van der Waals surface area contributed by atoms with Crippen LogP contribution >= 0.6 is 15.9 Å². The lowest BCUT2D eigenvalue weighted by molar-refractivity contribution is -0.00315. The van der Waals surface area contributed by atoms with Crippen LogP contribution in [-0.4, -0.2) is 64.8 Å². The Kier molecular flexibility index (Phi) is 20.6. The van der Waals surface area contributed by atoms with E-state index >= 15 is 0 Å². The average Bonchev–Trinajstić information content (AvgIpc) is 2.79. The highest BCUT2D eigenvalue weighted by Crippen LogP contribution is 2.15. The van der Waals surface area contributed by atoms with Crippen molar-refractivity contribution in [1.29, 1.82) is 0 Å². The zero-order valence-electron chi connectivity index (χ0n) is 19.5. The van der Waals surface area contributed by atoms with Gasteiger partial charge in [-0.2, -0.15) is 0 Å². The molecule has 0 heterocycles. The molecular formula is C25H43BrO5. The maximum absolute atomic E-state index is 5.74. The van der Waals surface area contributed by atoms with Crippen LogP contribution in [0.2, 0.25) is 0 Å². The van der Waals surface area contributed by atoms with Crippen LogP contribution in [-0.2, 0) is 25.4 Å². The van der Waals surface area contributed by atoms with Crippen LogP contribution in [0.25, 0.3) is 0 Å². The van der Waals surface area contributed by atoms with Gasteiger partial charge >= 0.3 is 0 Å². The quantitative estimate of drug-likeness (QED) is 0.139. The summed E-state index contributed by atoms with van der Waals surface area (Å²) >= 11 is 3.31. The van der Waals surface area contributed by atoms with Gasteiger partial charge in [-0.1, -0.05) is 73.5 Å². The number of hydrogen-bond donors (Lipinski definition) is 0. The highest BCUT2D eigenvalue weighted by Gasteiger charge is 1.98. The molecule has 0 amide bonds. The third kappa shape index (κ3) is 18.6. The number of ether oxygens (including phenoxy) is 5. The predicted octanol–water partition coefficient (Wildman–Crippen LogP) is 5.82. The van der Waals surface area contributed by atoms with Gasteiger partial charge in [0.05, 0.1) is 52.9 Å². The summed E-state index contributed by atoms with van der Waals surface area (Å²) in [5, 5.41) is 0.854. The maximum Gasteiger partial charge on any atom is 0.119 e. The Hall–Kier alpha value is -0.660. The first-order chi connectivity index (χ1) is 15.4. The van der Waals surface area contributed by atoms with Crippen LogP contribution in [0.3, 0.4) is 0 Å². The molecule has 0 aliphatic rings. The standard InChI is InChI=1S/C25H43BrO5/c1-2-3-4-5-6-7-8-9-24-10-12-25(13-11-24)31-23-22-30-21-20-29-19-18-28-17-16-27-15-14-26/h10-13H,2-9,14-23H2,1H3. The van der Waals surface area contributed by atoms with E-state index in [-0.39, 0.29) is 0 Å². The van der Waals surface area contributed by atoms with Gasteiger partial charge in [-0.25, -0.2) is 0 Å². The first-order valence-corrected chi connectivity index (χ1v) is 13.1. The largest absolute Gasteiger partial charge is 0.491 e. The zero-order valence-corrected chi connectivity index (χ0v) is 21.0. The summed E-state index contributed by atoms with van der Waals surface area (Å²) in [6, 6.07) is 8.48. The lowest BCUT2D eigenvalue weighted by Gasteiger charge is -2.09. The van der Waals surface area contributed by atoms with E-state index in [1.165, 1.54) is 50.5 Å². The van der Waals surface area contributed by atoms with Crippen molar-refractivity contribution in [3.05, 3.63) is 29.8 Å². The minimum Gasteiger partial charge on any atom is -0.491 e. The predicted molar refractivity (Wildman–Crippen MR) is 131 cm³/mol. The van der Waals surface area contributed by atoms with Gasteiger partial charge < -0.3 is 23.7 Å². The number of unbranched alkanes of at least 4 members (excludes halogenated alkanes) is 6. The third-order valence-corrected chi connectivity index (χ3v) is 5.15. The molecule has 0 radical (unpaired) electrons. The number of rotatable bonds is 23. The lowest BCUT2D eigenvalue weighted by atomic mass is 10.0. The average molecular weight is 504 g/mol. The van der Waals surface area contributed by atoms with Gasteiger partial charge in [0.25, 0.3) is 0 Å². The minimum absolute atomic E-state index is 0.550. The fourth-order valence-electron chi connectivity index (χ4n) is 3.07. The smallest absolute Gasteiger partial charge is 0.119 e. The van der Waals surface area contributed by atoms with Crippen molar-refractivity contribution in [2.75, 3.05) is 64.8 Å². The molecule has 0 saturated carbocycles. The van der Waals surface area contributed by atoms with Crippen molar-refractivity contribution in [3.8, 4) is 5.75 Å². The van der Waals surface area contributed by atoms with Crippen molar-refractivity contribution in [2.45, 2.75) is 58.3 Å². The molecule has 0 bridgehead atoms. The Morgan fingerprint density at radius 3 is 1.61 bits per heavy atom. The van der Waals surface area contributed by atoms with Crippen LogP contribution < -0.4 is 4.74 Å². The number of aryl methyl sites for hydroxylation is 1. The number of benzene rings is 1. The van der Waals surface area contributed by atoms with E-state index in [0.29, 0.717) is 59.5 Å². The topological polar surface area (TPSA) is 46.2 Å². The summed E-state index contributed by atoms with van der Waals surface area (Å²) in [7, 11) is 0. The van der Waals surface area contributed by atoms with E-state index < -0.39 is 0 Å². The molecule has 180 valence electrons. The van der Waals surface area contributed by atoms with Crippen LogP contribution in [0.4, 0.5) is 0 Å². The molecule has 0 aromatic heterocycles. The monoisotopic (exact) mass is 502 g/mol. The second kappa shape index (κ2) is 22.5. The van der Waals surface area contributed by atoms with Gasteiger partial charge in [-0.15, -0.1) is 0 Å². The molecule has 1 aromatic carbocycles. The van der Waals surface area contributed by atoms with Crippen LogP contribution in [0, 0.1) is 0 Å². The molecule has 6 heteroatoms. The Morgan fingerprint density at radius 1 is 0.581 bits per heavy atom. The van der Waals surface area contributed by atoms with Crippen molar-refractivity contribution >= 4 is 15.9 Å². The summed E-state index contributed by atoms with van der Waals surface area (Å²) in [6.07, 6.45) is 10.6. The van der Waals surface area contributed by atoms with E-state index in [4.69, 9.17) is 23.7 Å². The molecule has 31 heavy (non-hydrogen) atoms. The molecule has 1 aromatic rings. The molecule has 0 fully saturated rings. The van der Waals surface area contributed by atoms with E-state index in [1.807, 2.05) is 0 Å². The molecular weight excluding hydrogens is 460 g/mol. The van der Waals surface area contributed by atoms with Gasteiger partial charge in [0.15, 0.2) is 0 Å². The van der Waals surface area contributed by atoms with Gasteiger partial charge in [-0.3, -0.25) is 0 Å². The van der Waals surface area contributed by atoms with E-state index in [1.54, 1.807) is 0 Å². The Balaban J connectivity index is 1.87. The Morgan fingerprint density at radius 2 is 1.06 bits per heavy atom. The van der Waals surface area contributed by atoms with Crippen molar-refractivity contribution < 1.29 is 23.7 Å². The first kappa shape index (κ1) is 28.4. The van der Waals surface area contributed by atoms with Crippen molar-refractivity contribution in [2.24, 2.45) is 0 Å². The van der Waals surface area contributed by atoms with Crippen LogP contribution in [0.15, 0.2) is 24.3 Å². The van der Waals surface area contributed by atoms with Crippen LogP contribution in [0.5, 0.6) is 5.75 Å². The van der Waals surface area contributed by atoms with Gasteiger partial charge in [0, 0.05) is 5.33 Å². The van der Waals surface area contributed by atoms with Gasteiger partial charge in [0.1, 0.15) is 12.4 Å². The van der Waals surface area contributed by atoms with E-state index in [0.717, 1.165) is 17.5 Å². The van der Waals surface area contributed by atoms with E-state index in [9.17, 15) is 0 Å². The van der Waals surface area contributed by atoms with Crippen molar-refractivity contribution in [1.82, 2.24) is 0 Å². The maximum atomic E-state index is 5.74. The summed E-state index contributed by atoms with van der Waals surface area (Å²) < 4.78 is 27.4. The van der Waals surface area contributed by atoms with E-state index in [2.05, 4.69) is 47.1 Å². The fourth-order valence-corrected chi connectivity index (χ4v) is 3.30. The van der Waals surface area contributed by atoms with Gasteiger partial charge in [0.2, 0.25) is 0 Å². The highest BCUT2D eigenvalue weighted by molar-refractivity contribution is 9.09. The summed E-state index contributed by atoms with van der Waals surface area (Å²) in [5.74, 6) is 0.903. The lowest BCUT2D eigenvalue weighted by Crippen LogP contribution is -2.14. The molecule has 0 aliphatic heterocycles. The Labute approximate surface area is 198 Å². The molecule has 0 aliphatic carbocycles. The molecule has 0 N–H and O–H groups in total. The zero-order chi connectivity index (χ0) is 22.2. The van der Waals surface area contributed by atoms with Crippen LogP contribution in [0.1, 0.15) is 57.4 Å². The molecule has 5 nitrogen and oxygen atoms in total. The summed E-state index contributed by atoms with van der Waals surface area (Å²) in [4.78, 5) is 0. The third-order valence-electron chi connectivity index (χ3n) is 4.83. The first-order valence-electron chi connectivity index (χ1n) is 12.0. The molecule has 0 unspecified atom stereocenters. The normalized spacial score (nSPS) is 11.2. The molecule has 0 saturated heterocycles. The highest BCUT2D eigenvalue weighted by atomic mass is 79.9. The minimum atomic E-state index is 0.550. The molecule has 0 atom stereocenters. The Bertz CT molecular complexity index is 483. The summed E-state index contributed by atoms with van der Waals surface area (Å²) in [5.41, 5.74) is 1.39. The van der Waals surface area contributed by atoms with Crippen molar-refractivity contribution in [3.63, 3.8) is 0 Å². The van der Waals surface area contributed by atoms with Gasteiger partial charge in [-0.05, 0) is 30.5 Å². The number of halogens is 1. The molecule has 1 rings (SSSR count). The number of hydrogen-bond acceptors (Lipinski definition) is 5. The second-order valence-corrected chi connectivity index (χ2v) is 8.30. The summed E-state index contributed by atoms with van der Waals surface area (Å²) in [6.45, 7) is 7.60. The fraction of sp³-hybridized carbons (Fsp3) is 0.760. The SMILES string of the molecule is CCCCCCCCCc1ccc(OCCOCCOCCOCCOCCBr)cc1. The number of alkyl halides is 1. The second-order valence-electron chi connectivity index (χ2n) is 7.50.